The number of anilines is 3. The normalized spacial score (nSPS) is 10.3. The van der Waals surface area contributed by atoms with Crippen LogP contribution in [0.3, 0.4) is 0 Å². The summed E-state index contributed by atoms with van der Waals surface area (Å²) in [6.07, 6.45) is 0. The van der Waals surface area contributed by atoms with Gasteiger partial charge in [-0.15, -0.1) is 0 Å². The number of amides is 3. The van der Waals surface area contributed by atoms with Crippen LogP contribution in [0.5, 0.6) is 51.7 Å². The molecule has 1 heterocycles. The summed E-state index contributed by atoms with van der Waals surface area (Å²) < 4.78 is 48.2. The first-order valence-corrected chi connectivity index (χ1v) is 14.8. The van der Waals surface area contributed by atoms with Crippen molar-refractivity contribution in [3.63, 3.8) is 0 Å². The Balaban J connectivity index is 1.75. The number of methoxy groups -OCH3 is 9. The number of hydrogen-bond acceptors (Lipinski definition) is 14. The fourth-order valence-electron chi connectivity index (χ4n) is 4.82. The van der Waals surface area contributed by atoms with E-state index >= 15 is 0 Å². The lowest BCUT2D eigenvalue weighted by Gasteiger charge is -2.16. The molecule has 4 rings (SSSR count). The van der Waals surface area contributed by atoms with E-state index in [2.05, 4.69) is 25.9 Å². The van der Waals surface area contributed by atoms with E-state index in [4.69, 9.17) is 42.6 Å². The Kier molecular flexibility index (Phi) is 12.1. The van der Waals surface area contributed by atoms with Gasteiger partial charge in [0.15, 0.2) is 34.5 Å². The summed E-state index contributed by atoms with van der Waals surface area (Å²) >= 11 is 0. The monoisotopic (exact) mass is 707 g/mol. The van der Waals surface area contributed by atoms with Crippen LogP contribution in [0.2, 0.25) is 0 Å². The third-order valence-electron chi connectivity index (χ3n) is 7.22. The highest BCUT2D eigenvalue weighted by Gasteiger charge is 2.22. The second kappa shape index (κ2) is 16.6. The molecule has 0 radical (unpaired) electrons. The zero-order valence-electron chi connectivity index (χ0n) is 29.3. The van der Waals surface area contributed by atoms with Gasteiger partial charge in [0.1, 0.15) is 11.6 Å². The van der Waals surface area contributed by atoms with Crippen LogP contribution in [0.4, 0.5) is 17.6 Å². The molecule has 0 aliphatic carbocycles. The maximum atomic E-state index is 13.5. The summed E-state index contributed by atoms with van der Waals surface area (Å²) in [7, 11) is 12.8. The molecule has 0 spiro atoms. The molecule has 0 aliphatic heterocycles. The van der Waals surface area contributed by atoms with Crippen LogP contribution in [-0.4, -0.2) is 91.7 Å². The molecule has 4 aromatic rings. The minimum Gasteiger partial charge on any atom is -0.493 e. The van der Waals surface area contributed by atoms with E-state index in [-0.39, 0.29) is 86.0 Å². The maximum Gasteiger partial charge on any atom is 0.258 e. The van der Waals surface area contributed by atoms with Crippen molar-refractivity contribution in [3.05, 3.63) is 59.2 Å². The van der Waals surface area contributed by atoms with E-state index in [9.17, 15) is 14.4 Å². The van der Waals surface area contributed by atoms with Crippen LogP contribution in [0.15, 0.2) is 42.5 Å². The van der Waals surface area contributed by atoms with Crippen LogP contribution in [0.25, 0.3) is 0 Å². The minimum absolute atomic E-state index is 0.0934. The molecule has 3 amide bonds. The van der Waals surface area contributed by atoms with Gasteiger partial charge in [-0.1, -0.05) is 0 Å². The zero-order chi connectivity index (χ0) is 37.2. The smallest absolute Gasteiger partial charge is 0.258 e. The SMILES string of the molecule is COc1cc(C(=O)Nc2cc(NC(=O)c3cc(OC)c(OC)c(OC)c3)nc(NC(=O)c3cc(OC)c(OC)c(OC)c3)n2)cc(OC)c1OC. The van der Waals surface area contributed by atoms with Crippen LogP contribution < -0.4 is 58.6 Å². The molecule has 0 saturated heterocycles. The number of benzene rings is 3. The number of hydrogen-bond donors (Lipinski definition) is 3. The van der Waals surface area contributed by atoms with Crippen molar-refractivity contribution in [1.82, 2.24) is 9.97 Å². The third kappa shape index (κ3) is 8.15. The van der Waals surface area contributed by atoms with Crippen molar-refractivity contribution >= 4 is 35.3 Å². The summed E-state index contributed by atoms with van der Waals surface area (Å²) in [6, 6.07) is 9.92. The van der Waals surface area contributed by atoms with E-state index in [0.29, 0.717) is 0 Å². The zero-order valence-corrected chi connectivity index (χ0v) is 29.3. The molecule has 0 saturated carbocycles. The first-order chi connectivity index (χ1) is 24.6. The quantitative estimate of drug-likeness (QED) is 0.158. The predicted molar refractivity (Wildman–Crippen MR) is 184 cm³/mol. The summed E-state index contributed by atoms with van der Waals surface area (Å²) in [5, 5.41) is 7.88. The number of nitrogens with one attached hydrogen (secondary N) is 3. The molecule has 3 aromatic carbocycles. The first-order valence-electron chi connectivity index (χ1n) is 14.8. The second-order valence-corrected chi connectivity index (χ2v) is 10.1. The fourth-order valence-corrected chi connectivity index (χ4v) is 4.82. The van der Waals surface area contributed by atoms with Crippen molar-refractivity contribution in [1.29, 1.82) is 0 Å². The average molecular weight is 708 g/mol. The van der Waals surface area contributed by atoms with Gasteiger partial charge in [0.2, 0.25) is 23.2 Å². The minimum atomic E-state index is -0.677. The Morgan fingerprint density at radius 1 is 0.392 bits per heavy atom. The summed E-state index contributed by atoms with van der Waals surface area (Å²) in [5.41, 5.74) is 0.339. The predicted octanol–water partition coefficient (Wildman–Crippen LogP) is 4.31. The van der Waals surface area contributed by atoms with Crippen molar-refractivity contribution in [2.45, 2.75) is 0 Å². The summed E-state index contributed by atoms with van der Waals surface area (Å²) in [4.78, 5) is 49.0. The maximum absolute atomic E-state index is 13.5. The molecule has 0 fully saturated rings. The van der Waals surface area contributed by atoms with Crippen LogP contribution in [0, 0.1) is 0 Å². The van der Waals surface area contributed by atoms with Crippen molar-refractivity contribution in [2.75, 3.05) is 79.9 Å². The molecule has 0 atom stereocenters. The topological polar surface area (TPSA) is 196 Å². The van der Waals surface area contributed by atoms with Crippen molar-refractivity contribution < 1.29 is 57.0 Å². The van der Waals surface area contributed by atoms with Gasteiger partial charge < -0.3 is 53.3 Å². The lowest BCUT2D eigenvalue weighted by atomic mass is 10.1. The molecule has 0 bridgehead atoms. The van der Waals surface area contributed by atoms with E-state index in [0.717, 1.165) is 0 Å². The van der Waals surface area contributed by atoms with Gasteiger partial charge in [0, 0.05) is 22.8 Å². The van der Waals surface area contributed by atoms with Gasteiger partial charge in [-0.25, -0.2) is 0 Å². The molecule has 270 valence electrons. The van der Waals surface area contributed by atoms with Gasteiger partial charge in [-0.05, 0) is 36.4 Å². The number of nitrogens with zero attached hydrogens (tertiary/aromatic N) is 2. The number of aromatic nitrogens is 2. The third-order valence-corrected chi connectivity index (χ3v) is 7.22. The molecule has 51 heavy (non-hydrogen) atoms. The molecule has 0 unspecified atom stereocenters. The molecule has 3 N–H and O–H groups in total. The lowest BCUT2D eigenvalue weighted by molar-refractivity contribution is 0.101. The van der Waals surface area contributed by atoms with Crippen LogP contribution in [0.1, 0.15) is 31.1 Å². The molecular weight excluding hydrogens is 670 g/mol. The van der Waals surface area contributed by atoms with Gasteiger partial charge in [-0.2, -0.15) is 9.97 Å². The van der Waals surface area contributed by atoms with Gasteiger partial charge in [0.05, 0.1) is 64.0 Å². The average Bonchev–Trinajstić information content (AvgIpc) is 3.15. The highest BCUT2D eigenvalue weighted by Crippen LogP contribution is 2.40. The van der Waals surface area contributed by atoms with E-state index < -0.39 is 17.7 Å². The van der Waals surface area contributed by atoms with Gasteiger partial charge >= 0.3 is 0 Å². The summed E-state index contributed by atoms with van der Waals surface area (Å²) in [6.45, 7) is 0. The number of carbonyl (C=O) groups excluding carboxylic acids is 3. The number of carbonyl (C=O) groups is 3. The van der Waals surface area contributed by atoms with Crippen LogP contribution in [-0.2, 0) is 0 Å². The van der Waals surface area contributed by atoms with Gasteiger partial charge in [-0.3, -0.25) is 19.7 Å². The molecule has 0 aliphatic rings. The Bertz CT molecular complexity index is 1630. The number of rotatable bonds is 15. The Morgan fingerprint density at radius 3 is 0.882 bits per heavy atom. The van der Waals surface area contributed by atoms with E-state index in [1.807, 2.05) is 0 Å². The lowest BCUT2D eigenvalue weighted by Crippen LogP contribution is -2.20. The fraction of sp³-hybridized carbons (Fsp3) is 0.265. The van der Waals surface area contributed by atoms with E-state index in [1.54, 1.807) is 0 Å². The second-order valence-electron chi connectivity index (χ2n) is 10.1. The van der Waals surface area contributed by atoms with Crippen LogP contribution >= 0.6 is 0 Å². The van der Waals surface area contributed by atoms with Gasteiger partial charge in [0.25, 0.3) is 17.7 Å². The highest BCUT2D eigenvalue weighted by molar-refractivity contribution is 6.08. The molecule has 17 heteroatoms. The van der Waals surface area contributed by atoms with Crippen molar-refractivity contribution in [3.8, 4) is 51.7 Å². The van der Waals surface area contributed by atoms with E-state index in [1.165, 1.54) is 106 Å². The largest absolute Gasteiger partial charge is 0.493 e. The number of ether oxygens (including phenoxy) is 9. The standard InChI is InChI=1S/C34H37N5O12/c1-43-20-10-17(11-21(44-2)28(20)49-7)31(40)35-26-16-27(36-32(41)18-12-22(45-3)29(50-8)23(13-18)46-4)38-34(37-26)39-33(42)19-14-24(47-5)30(51-9)25(15-19)48-6/h10-16H,1-9H3,(H3,35,36,37,38,39,40,41,42). The molecule has 17 nitrogen and oxygen atoms in total. The first kappa shape index (κ1) is 37.2. The highest BCUT2D eigenvalue weighted by atomic mass is 16.5. The Labute approximate surface area is 293 Å². The summed E-state index contributed by atoms with van der Waals surface area (Å²) in [5.74, 6) is -0.173. The van der Waals surface area contributed by atoms with Crippen molar-refractivity contribution in [2.24, 2.45) is 0 Å². The Hall–Kier alpha value is -6.65. The Morgan fingerprint density at radius 2 is 0.647 bits per heavy atom. The molecule has 1 aromatic heterocycles. The molecular formula is C34H37N5O12.